The highest BCUT2D eigenvalue weighted by molar-refractivity contribution is 9.10. The molecule has 1 atom stereocenters. The summed E-state index contributed by atoms with van der Waals surface area (Å²) in [4.78, 5) is 0.231. The Kier molecular flexibility index (Phi) is 6.00. The predicted molar refractivity (Wildman–Crippen MR) is 84.2 cm³/mol. The maximum absolute atomic E-state index is 12.8. The Labute approximate surface area is 129 Å². The number of benzene rings is 1. The van der Waals surface area contributed by atoms with Crippen LogP contribution in [0.1, 0.15) is 19.4 Å². The molecule has 0 amide bonds. The van der Waals surface area contributed by atoms with Gasteiger partial charge in [0.05, 0.1) is 11.5 Å². The molecule has 0 aromatic heterocycles. The predicted octanol–water partition coefficient (Wildman–Crippen LogP) is 2.39. The molecular weight excluding hydrogens is 344 g/mol. The van der Waals surface area contributed by atoms with Crippen LogP contribution in [-0.2, 0) is 14.8 Å². The van der Waals surface area contributed by atoms with E-state index in [4.69, 9.17) is 10.5 Å². The van der Waals surface area contributed by atoms with Crippen LogP contribution < -0.4 is 5.73 Å². The molecule has 1 aromatic carbocycles. The summed E-state index contributed by atoms with van der Waals surface area (Å²) in [5.74, 6) is 0. The van der Waals surface area contributed by atoms with Gasteiger partial charge in [0, 0.05) is 29.9 Å². The fourth-order valence-corrected chi connectivity index (χ4v) is 4.65. The largest absolute Gasteiger partial charge is 0.398 e. The molecule has 0 aliphatic heterocycles. The standard InChI is InChI=1S/C13H21BrN2O3S/c1-5-16(9(2)8-19-4)20(17,18)13-7-11(14)6-12(15)10(13)3/h6-7,9H,5,8,15H2,1-4H3. The summed E-state index contributed by atoms with van der Waals surface area (Å²) in [7, 11) is -2.05. The summed E-state index contributed by atoms with van der Waals surface area (Å²) in [6, 6.07) is 3.04. The third-order valence-electron chi connectivity index (χ3n) is 3.16. The van der Waals surface area contributed by atoms with E-state index in [-0.39, 0.29) is 10.9 Å². The van der Waals surface area contributed by atoms with Crippen LogP contribution in [0, 0.1) is 6.92 Å². The number of likely N-dealkylation sites (N-methyl/N-ethyl adjacent to an activating group) is 1. The maximum Gasteiger partial charge on any atom is 0.243 e. The molecule has 0 aliphatic rings. The number of methoxy groups -OCH3 is 1. The van der Waals surface area contributed by atoms with E-state index in [1.54, 1.807) is 33.1 Å². The van der Waals surface area contributed by atoms with Crippen LogP contribution in [0.2, 0.25) is 0 Å². The second kappa shape index (κ2) is 6.89. The lowest BCUT2D eigenvalue weighted by atomic mass is 10.2. The van der Waals surface area contributed by atoms with Crippen LogP contribution in [0.15, 0.2) is 21.5 Å². The molecule has 20 heavy (non-hydrogen) atoms. The van der Waals surface area contributed by atoms with E-state index >= 15 is 0 Å². The van der Waals surface area contributed by atoms with Gasteiger partial charge >= 0.3 is 0 Å². The van der Waals surface area contributed by atoms with Gasteiger partial charge in [-0.15, -0.1) is 0 Å². The van der Waals surface area contributed by atoms with E-state index in [0.29, 0.717) is 28.9 Å². The number of nitrogens with zero attached hydrogens (tertiary/aromatic N) is 1. The van der Waals surface area contributed by atoms with Gasteiger partial charge in [0.15, 0.2) is 0 Å². The van der Waals surface area contributed by atoms with Gasteiger partial charge in [-0.1, -0.05) is 22.9 Å². The molecule has 1 aromatic rings. The quantitative estimate of drug-likeness (QED) is 0.786. The van der Waals surface area contributed by atoms with Crippen LogP contribution in [0.5, 0.6) is 0 Å². The topological polar surface area (TPSA) is 72.6 Å². The number of ether oxygens (including phenoxy) is 1. The van der Waals surface area contributed by atoms with Crippen molar-refractivity contribution in [1.82, 2.24) is 4.31 Å². The first kappa shape index (κ1) is 17.4. The number of anilines is 1. The van der Waals surface area contributed by atoms with Gasteiger partial charge in [0.1, 0.15) is 0 Å². The van der Waals surface area contributed by atoms with Crippen molar-refractivity contribution in [3.05, 3.63) is 22.2 Å². The Balaban J connectivity index is 3.35. The molecule has 2 N–H and O–H groups in total. The molecule has 0 bridgehead atoms. The van der Waals surface area contributed by atoms with E-state index < -0.39 is 10.0 Å². The normalized spacial score (nSPS) is 13.7. The van der Waals surface area contributed by atoms with Crippen molar-refractivity contribution >= 4 is 31.6 Å². The highest BCUT2D eigenvalue weighted by atomic mass is 79.9. The smallest absolute Gasteiger partial charge is 0.243 e. The summed E-state index contributed by atoms with van der Waals surface area (Å²) < 4.78 is 32.7. The van der Waals surface area contributed by atoms with Crippen LogP contribution >= 0.6 is 15.9 Å². The lowest BCUT2D eigenvalue weighted by Gasteiger charge is -2.27. The average Bonchev–Trinajstić information content (AvgIpc) is 2.34. The third-order valence-corrected chi connectivity index (χ3v) is 5.84. The fraction of sp³-hybridized carbons (Fsp3) is 0.538. The number of hydrogen-bond donors (Lipinski definition) is 1. The molecule has 0 saturated heterocycles. The van der Waals surface area contributed by atoms with Gasteiger partial charge in [0.25, 0.3) is 0 Å². The second-order valence-corrected chi connectivity index (χ2v) is 7.41. The van der Waals surface area contributed by atoms with Gasteiger partial charge in [-0.05, 0) is 31.5 Å². The zero-order valence-electron chi connectivity index (χ0n) is 12.2. The summed E-state index contributed by atoms with van der Waals surface area (Å²) in [6.07, 6.45) is 0. The zero-order chi connectivity index (χ0) is 15.5. The summed E-state index contributed by atoms with van der Waals surface area (Å²) in [5, 5.41) is 0. The molecule has 0 fully saturated rings. The van der Waals surface area contributed by atoms with Crippen LogP contribution in [-0.4, -0.2) is 39.0 Å². The van der Waals surface area contributed by atoms with Gasteiger partial charge in [-0.25, -0.2) is 8.42 Å². The molecule has 0 spiro atoms. The molecular formula is C13H21BrN2O3S. The monoisotopic (exact) mass is 364 g/mol. The Morgan fingerprint density at radius 2 is 2.05 bits per heavy atom. The lowest BCUT2D eigenvalue weighted by molar-refractivity contribution is 0.142. The lowest BCUT2D eigenvalue weighted by Crippen LogP contribution is -2.41. The van der Waals surface area contributed by atoms with Crippen molar-refractivity contribution in [3.8, 4) is 0 Å². The first-order valence-corrected chi connectivity index (χ1v) is 8.55. The van der Waals surface area contributed by atoms with Gasteiger partial charge in [-0.2, -0.15) is 4.31 Å². The Morgan fingerprint density at radius 3 is 2.55 bits per heavy atom. The molecule has 0 aliphatic carbocycles. The van der Waals surface area contributed by atoms with E-state index in [2.05, 4.69) is 15.9 Å². The highest BCUT2D eigenvalue weighted by Crippen LogP contribution is 2.29. The first-order valence-electron chi connectivity index (χ1n) is 6.32. The molecule has 7 heteroatoms. The zero-order valence-corrected chi connectivity index (χ0v) is 14.6. The van der Waals surface area contributed by atoms with Crippen LogP contribution in [0.25, 0.3) is 0 Å². The van der Waals surface area contributed by atoms with E-state index in [9.17, 15) is 8.42 Å². The molecule has 0 radical (unpaired) electrons. The molecule has 0 heterocycles. The molecule has 114 valence electrons. The minimum absolute atomic E-state index is 0.231. The van der Waals surface area contributed by atoms with Crippen molar-refractivity contribution in [1.29, 1.82) is 0 Å². The van der Waals surface area contributed by atoms with E-state index in [1.807, 2.05) is 6.92 Å². The summed E-state index contributed by atoms with van der Waals surface area (Å²) in [6.45, 7) is 6.05. The third kappa shape index (κ3) is 3.52. The van der Waals surface area contributed by atoms with Crippen molar-refractivity contribution in [2.45, 2.75) is 31.7 Å². The van der Waals surface area contributed by atoms with Crippen LogP contribution in [0.4, 0.5) is 5.69 Å². The Hall–Kier alpha value is -0.630. The van der Waals surface area contributed by atoms with Crippen molar-refractivity contribution < 1.29 is 13.2 Å². The first-order chi connectivity index (χ1) is 9.25. The van der Waals surface area contributed by atoms with Crippen molar-refractivity contribution in [2.24, 2.45) is 0 Å². The molecule has 5 nitrogen and oxygen atoms in total. The highest BCUT2D eigenvalue weighted by Gasteiger charge is 2.29. The van der Waals surface area contributed by atoms with Gasteiger partial charge in [-0.3, -0.25) is 0 Å². The van der Waals surface area contributed by atoms with Crippen molar-refractivity contribution in [2.75, 3.05) is 26.0 Å². The minimum Gasteiger partial charge on any atom is -0.398 e. The van der Waals surface area contributed by atoms with Gasteiger partial charge in [0.2, 0.25) is 10.0 Å². The number of hydrogen-bond acceptors (Lipinski definition) is 4. The Bertz CT molecular complexity index is 575. The summed E-state index contributed by atoms with van der Waals surface area (Å²) >= 11 is 3.29. The van der Waals surface area contributed by atoms with Crippen LogP contribution in [0.3, 0.4) is 0 Å². The van der Waals surface area contributed by atoms with Crippen molar-refractivity contribution in [3.63, 3.8) is 0 Å². The molecule has 1 unspecified atom stereocenters. The number of rotatable bonds is 6. The molecule has 1 rings (SSSR count). The average molecular weight is 365 g/mol. The number of nitrogen functional groups attached to an aromatic ring is 1. The van der Waals surface area contributed by atoms with E-state index in [1.165, 1.54) is 4.31 Å². The number of nitrogens with two attached hydrogens (primary N) is 1. The number of sulfonamides is 1. The SMILES string of the molecule is CCN(C(C)COC)S(=O)(=O)c1cc(Br)cc(N)c1C. The second-order valence-electron chi connectivity index (χ2n) is 4.63. The van der Waals surface area contributed by atoms with E-state index in [0.717, 1.165) is 0 Å². The maximum atomic E-state index is 12.8. The Morgan fingerprint density at radius 1 is 1.45 bits per heavy atom. The molecule has 0 saturated carbocycles. The summed E-state index contributed by atoms with van der Waals surface area (Å²) in [5.41, 5.74) is 6.88. The number of halogens is 1. The minimum atomic E-state index is -3.60. The van der Waals surface area contributed by atoms with Gasteiger partial charge < -0.3 is 10.5 Å². The fourth-order valence-electron chi connectivity index (χ4n) is 2.11.